The number of hydrogen-bond donors (Lipinski definition) is 2. The highest BCUT2D eigenvalue weighted by atomic mass is 15.1. The van der Waals surface area contributed by atoms with Gasteiger partial charge in [0.1, 0.15) is 11.5 Å². The van der Waals surface area contributed by atoms with E-state index in [2.05, 4.69) is 23.7 Å². The summed E-state index contributed by atoms with van der Waals surface area (Å²) in [6.07, 6.45) is 4.21. The summed E-state index contributed by atoms with van der Waals surface area (Å²) in [4.78, 5) is 6.45. The Kier molecular flexibility index (Phi) is 3.05. The van der Waals surface area contributed by atoms with Crippen molar-refractivity contribution in [3.8, 4) is 0 Å². The fraction of sp³-hybridized carbons (Fsp3) is 0.538. The Balaban J connectivity index is 2.22. The molecule has 2 rings (SSSR count). The Bertz CT molecular complexity index is 425. The van der Waals surface area contributed by atoms with Crippen molar-refractivity contribution < 1.29 is 0 Å². The number of amidine groups is 1. The third-order valence-electron chi connectivity index (χ3n) is 3.29. The summed E-state index contributed by atoms with van der Waals surface area (Å²) < 4.78 is 0. The minimum absolute atomic E-state index is 0.0307. The number of piperidine rings is 1. The van der Waals surface area contributed by atoms with Gasteiger partial charge in [-0.05, 0) is 30.4 Å². The average Bonchev–Trinajstić information content (AvgIpc) is 2.28. The molecule has 1 aliphatic heterocycles. The Morgan fingerprint density at radius 2 is 2.29 bits per heavy atom. The first-order chi connectivity index (χ1) is 7.98. The molecule has 4 nitrogen and oxygen atoms in total. The highest BCUT2D eigenvalue weighted by molar-refractivity contribution is 5.93. The van der Waals surface area contributed by atoms with Crippen LogP contribution in [0, 0.1) is 10.8 Å². The number of aromatic nitrogens is 1. The molecule has 1 saturated heterocycles. The molecule has 0 spiro atoms. The van der Waals surface area contributed by atoms with E-state index in [0.717, 1.165) is 18.8 Å². The molecule has 0 aliphatic carbocycles. The smallest absolute Gasteiger partial charge is 0.141 e. The van der Waals surface area contributed by atoms with Crippen LogP contribution in [0.3, 0.4) is 0 Å². The van der Waals surface area contributed by atoms with Crippen LogP contribution in [-0.2, 0) is 0 Å². The highest BCUT2D eigenvalue weighted by Gasteiger charge is 2.26. The summed E-state index contributed by atoms with van der Waals surface area (Å²) in [7, 11) is 0. The van der Waals surface area contributed by atoms with Crippen molar-refractivity contribution in [1.29, 1.82) is 5.41 Å². The lowest BCUT2D eigenvalue weighted by Crippen LogP contribution is -2.40. The predicted octanol–water partition coefficient (Wildman–Crippen LogP) is 1.99. The number of anilines is 1. The predicted molar refractivity (Wildman–Crippen MR) is 70.5 cm³/mol. The molecule has 1 aliphatic rings. The number of nitrogens with one attached hydrogen (secondary N) is 1. The molecule has 0 amide bonds. The molecule has 0 unspecified atom stereocenters. The largest absolute Gasteiger partial charge is 0.382 e. The van der Waals surface area contributed by atoms with E-state index in [1.807, 2.05) is 12.1 Å². The first-order valence-electron chi connectivity index (χ1n) is 6.03. The van der Waals surface area contributed by atoms with Gasteiger partial charge in [-0.15, -0.1) is 0 Å². The molecule has 0 atom stereocenters. The minimum Gasteiger partial charge on any atom is -0.382 e. The molecule has 0 radical (unpaired) electrons. The molecule has 1 aromatic rings. The van der Waals surface area contributed by atoms with Crippen molar-refractivity contribution in [2.45, 2.75) is 26.7 Å². The second kappa shape index (κ2) is 4.35. The van der Waals surface area contributed by atoms with Gasteiger partial charge in [0, 0.05) is 25.0 Å². The molecule has 1 fully saturated rings. The lowest BCUT2D eigenvalue weighted by Gasteiger charge is -2.39. The topological polar surface area (TPSA) is 66.0 Å². The maximum atomic E-state index is 7.42. The van der Waals surface area contributed by atoms with Crippen LogP contribution < -0.4 is 10.6 Å². The van der Waals surface area contributed by atoms with Crippen LogP contribution in [0.2, 0.25) is 0 Å². The van der Waals surface area contributed by atoms with E-state index in [0.29, 0.717) is 11.1 Å². The first kappa shape index (κ1) is 11.9. The zero-order valence-corrected chi connectivity index (χ0v) is 10.5. The minimum atomic E-state index is 0.0307. The monoisotopic (exact) mass is 232 g/mol. The Hall–Kier alpha value is -1.58. The third-order valence-corrected chi connectivity index (χ3v) is 3.29. The van der Waals surface area contributed by atoms with Gasteiger partial charge in [-0.2, -0.15) is 0 Å². The van der Waals surface area contributed by atoms with Crippen molar-refractivity contribution >= 4 is 11.5 Å². The van der Waals surface area contributed by atoms with Gasteiger partial charge < -0.3 is 10.6 Å². The van der Waals surface area contributed by atoms with E-state index in [-0.39, 0.29) is 5.84 Å². The van der Waals surface area contributed by atoms with Crippen molar-refractivity contribution in [1.82, 2.24) is 4.98 Å². The molecule has 0 aromatic carbocycles. The van der Waals surface area contributed by atoms with Crippen LogP contribution in [0.25, 0.3) is 0 Å². The van der Waals surface area contributed by atoms with Crippen LogP contribution in [0.4, 0.5) is 5.69 Å². The average molecular weight is 232 g/mol. The summed E-state index contributed by atoms with van der Waals surface area (Å²) >= 11 is 0. The van der Waals surface area contributed by atoms with Crippen LogP contribution in [0.5, 0.6) is 0 Å². The van der Waals surface area contributed by atoms with Crippen molar-refractivity contribution in [2.24, 2.45) is 11.1 Å². The normalized spacial score (nSPS) is 19.1. The van der Waals surface area contributed by atoms with E-state index >= 15 is 0 Å². The third kappa shape index (κ3) is 2.75. The highest BCUT2D eigenvalue weighted by Crippen LogP contribution is 2.31. The van der Waals surface area contributed by atoms with Crippen molar-refractivity contribution in [3.05, 3.63) is 24.0 Å². The lowest BCUT2D eigenvalue weighted by molar-refractivity contribution is 0.293. The molecule has 3 N–H and O–H groups in total. The number of nitrogens with zero attached hydrogens (tertiary/aromatic N) is 2. The van der Waals surface area contributed by atoms with Crippen LogP contribution in [-0.4, -0.2) is 23.9 Å². The van der Waals surface area contributed by atoms with Crippen molar-refractivity contribution in [2.75, 3.05) is 18.0 Å². The number of rotatable bonds is 2. The van der Waals surface area contributed by atoms with E-state index in [1.54, 1.807) is 6.20 Å². The van der Waals surface area contributed by atoms with Gasteiger partial charge in [0.05, 0.1) is 0 Å². The van der Waals surface area contributed by atoms with Crippen molar-refractivity contribution in [3.63, 3.8) is 0 Å². The fourth-order valence-electron chi connectivity index (χ4n) is 2.41. The van der Waals surface area contributed by atoms with Gasteiger partial charge in [-0.1, -0.05) is 13.8 Å². The lowest BCUT2D eigenvalue weighted by atomic mass is 9.84. The fourth-order valence-corrected chi connectivity index (χ4v) is 2.41. The summed E-state index contributed by atoms with van der Waals surface area (Å²) in [6.45, 7) is 6.72. The number of pyridine rings is 1. The van der Waals surface area contributed by atoms with Gasteiger partial charge in [-0.3, -0.25) is 10.4 Å². The summed E-state index contributed by atoms with van der Waals surface area (Å²) in [5, 5.41) is 7.42. The second-order valence-corrected chi connectivity index (χ2v) is 5.50. The molecule has 2 heterocycles. The van der Waals surface area contributed by atoms with Crippen LogP contribution >= 0.6 is 0 Å². The number of nitrogen functional groups attached to an aromatic ring is 1. The first-order valence-corrected chi connectivity index (χ1v) is 6.03. The van der Waals surface area contributed by atoms with E-state index in [9.17, 15) is 0 Å². The maximum absolute atomic E-state index is 7.42. The van der Waals surface area contributed by atoms with E-state index in [1.165, 1.54) is 12.8 Å². The Morgan fingerprint density at radius 3 is 2.94 bits per heavy atom. The van der Waals surface area contributed by atoms with Crippen LogP contribution in [0.1, 0.15) is 32.4 Å². The zero-order chi connectivity index (χ0) is 12.5. The van der Waals surface area contributed by atoms with Gasteiger partial charge in [0.25, 0.3) is 0 Å². The van der Waals surface area contributed by atoms with Gasteiger partial charge >= 0.3 is 0 Å². The molecule has 4 heteroatoms. The molecular formula is C13H20N4. The summed E-state index contributed by atoms with van der Waals surface area (Å²) in [5.74, 6) is 0.0307. The number of hydrogen-bond acceptors (Lipinski definition) is 3. The molecule has 17 heavy (non-hydrogen) atoms. The van der Waals surface area contributed by atoms with Gasteiger partial charge in [-0.25, -0.2) is 0 Å². The SMILES string of the molecule is CC1(C)CCCN(c2ccnc(C(=N)N)c2)C1. The summed E-state index contributed by atoms with van der Waals surface area (Å²) in [6, 6.07) is 3.90. The Morgan fingerprint density at radius 1 is 1.53 bits per heavy atom. The molecule has 1 aromatic heterocycles. The van der Waals surface area contributed by atoms with Gasteiger partial charge in [0.15, 0.2) is 0 Å². The molecular weight excluding hydrogens is 212 g/mol. The molecule has 92 valence electrons. The van der Waals surface area contributed by atoms with E-state index in [4.69, 9.17) is 11.1 Å². The molecule has 0 saturated carbocycles. The van der Waals surface area contributed by atoms with Crippen LogP contribution in [0.15, 0.2) is 18.3 Å². The van der Waals surface area contributed by atoms with E-state index < -0.39 is 0 Å². The quantitative estimate of drug-likeness (QED) is 0.605. The maximum Gasteiger partial charge on any atom is 0.141 e. The Labute approximate surface area is 102 Å². The standard InChI is InChI=1S/C13H20N4/c1-13(2)5-3-7-17(9-13)10-4-6-16-11(8-10)12(14)15/h4,6,8H,3,5,7,9H2,1-2H3,(H3,14,15). The summed E-state index contributed by atoms with van der Waals surface area (Å²) in [5.41, 5.74) is 7.51. The zero-order valence-electron chi connectivity index (χ0n) is 10.5. The second-order valence-electron chi connectivity index (χ2n) is 5.50. The molecule has 0 bridgehead atoms. The van der Waals surface area contributed by atoms with Gasteiger partial charge in [0.2, 0.25) is 0 Å². The number of nitrogens with two attached hydrogens (primary N) is 1.